The molecule has 16 heavy (non-hydrogen) atoms. The predicted molar refractivity (Wildman–Crippen MR) is 51.9 cm³/mol. The minimum Gasteiger partial charge on any atom is -0.338 e. The number of urea groups is 1. The molecule has 88 valence electrons. The fourth-order valence-electron chi connectivity index (χ4n) is 0.957. The summed E-state index contributed by atoms with van der Waals surface area (Å²) in [5.74, 6) is 0.0685. The van der Waals surface area contributed by atoms with Gasteiger partial charge in [0.1, 0.15) is 5.82 Å². The van der Waals surface area contributed by atoms with Crippen LogP contribution in [-0.4, -0.2) is 17.6 Å². The highest BCUT2D eigenvalue weighted by Crippen LogP contribution is 2.28. The zero-order valence-electron chi connectivity index (χ0n) is 8.43. The largest absolute Gasteiger partial charge is 0.417 e. The fraction of sp³-hybridized carbons (Fsp3) is 0.333. The molecule has 4 nitrogen and oxygen atoms in total. The van der Waals surface area contributed by atoms with E-state index >= 15 is 0 Å². The normalized spacial score (nSPS) is 11.0. The lowest BCUT2D eigenvalue weighted by Gasteiger charge is -2.07. The van der Waals surface area contributed by atoms with Gasteiger partial charge in [0.05, 0.1) is 5.56 Å². The standard InChI is InChI=1S/C9H10F3N3O/c1-2-13-8(16)15-7-4-3-6(5-14-7)9(10,11)12/h3-5H,2H2,1H3,(H2,13,14,15,16). The van der Waals surface area contributed by atoms with E-state index in [1.807, 2.05) is 0 Å². The van der Waals surface area contributed by atoms with E-state index in [0.717, 1.165) is 12.1 Å². The Morgan fingerprint density at radius 3 is 2.56 bits per heavy atom. The molecular weight excluding hydrogens is 223 g/mol. The van der Waals surface area contributed by atoms with E-state index in [1.165, 1.54) is 0 Å². The van der Waals surface area contributed by atoms with Crippen LogP contribution in [0.2, 0.25) is 0 Å². The Kier molecular flexibility index (Phi) is 3.70. The number of hydrogen-bond donors (Lipinski definition) is 2. The van der Waals surface area contributed by atoms with Crippen molar-refractivity contribution in [1.29, 1.82) is 0 Å². The number of rotatable bonds is 2. The maximum Gasteiger partial charge on any atom is 0.417 e. The van der Waals surface area contributed by atoms with E-state index in [4.69, 9.17) is 0 Å². The Labute approximate surface area is 89.9 Å². The number of amides is 2. The van der Waals surface area contributed by atoms with Gasteiger partial charge in [-0.15, -0.1) is 0 Å². The average Bonchev–Trinajstić information content (AvgIpc) is 2.17. The Morgan fingerprint density at radius 1 is 1.44 bits per heavy atom. The first-order chi connectivity index (χ1) is 7.43. The van der Waals surface area contributed by atoms with Crippen molar-refractivity contribution in [2.75, 3.05) is 11.9 Å². The van der Waals surface area contributed by atoms with Crippen molar-refractivity contribution in [3.8, 4) is 0 Å². The summed E-state index contributed by atoms with van der Waals surface area (Å²) in [5.41, 5.74) is -0.853. The molecular formula is C9H10F3N3O. The number of carbonyl (C=O) groups is 1. The first-order valence-electron chi connectivity index (χ1n) is 4.51. The monoisotopic (exact) mass is 233 g/mol. The summed E-state index contributed by atoms with van der Waals surface area (Å²) in [6.07, 6.45) is -3.75. The molecule has 1 aromatic heterocycles. The Hall–Kier alpha value is -1.79. The fourth-order valence-corrected chi connectivity index (χ4v) is 0.957. The first kappa shape index (κ1) is 12.3. The van der Waals surface area contributed by atoms with Crippen molar-refractivity contribution in [3.05, 3.63) is 23.9 Å². The van der Waals surface area contributed by atoms with Crippen LogP contribution in [0.5, 0.6) is 0 Å². The molecule has 2 N–H and O–H groups in total. The van der Waals surface area contributed by atoms with Crippen LogP contribution < -0.4 is 10.6 Å². The van der Waals surface area contributed by atoms with Crippen molar-refractivity contribution >= 4 is 11.8 Å². The second-order valence-electron chi connectivity index (χ2n) is 2.91. The van der Waals surface area contributed by atoms with Crippen molar-refractivity contribution in [2.45, 2.75) is 13.1 Å². The topological polar surface area (TPSA) is 54.0 Å². The Balaban J connectivity index is 2.69. The van der Waals surface area contributed by atoms with Gasteiger partial charge in [0.15, 0.2) is 0 Å². The molecule has 0 unspecified atom stereocenters. The van der Waals surface area contributed by atoms with Gasteiger partial charge in [0, 0.05) is 12.7 Å². The van der Waals surface area contributed by atoms with Gasteiger partial charge in [-0.05, 0) is 19.1 Å². The summed E-state index contributed by atoms with van der Waals surface area (Å²) in [5, 5.41) is 4.72. The molecule has 7 heteroatoms. The van der Waals surface area contributed by atoms with Crippen molar-refractivity contribution < 1.29 is 18.0 Å². The lowest BCUT2D eigenvalue weighted by atomic mass is 10.3. The molecule has 1 heterocycles. The van der Waals surface area contributed by atoms with Crippen LogP contribution >= 0.6 is 0 Å². The summed E-state index contributed by atoms with van der Waals surface area (Å²) in [4.78, 5) is 14.5. The predicted octanol–water partition coefficient (Wildman–Crippen LogP) is 2.24. The summed E-state index contributed by atoms with van der Waals surface area (Å²) >= 11 is 0. The number of anilines is 1. The summed E-state index contributed by atoms with van der Waals surface area (Å²) in [6, 6.07) is 1.45. The van der Waals surface area contributed by atoms with Gasteiger partial charge < -0.3 is 5.32 Å². The molecule has 0 bridgehead atoms. The SMILES string of the molecule is CCNC(=O)Nc1ccc(C(F)(F)F)cn1. The van der Waals surface area contributed by atoms with Crippen LogP contribution in [0, 0.1) is 0 Å². The van der Waals surface area contributed by atoms with Gasteiger partial charge in [0.25, 0.3) is 0 Å². The van der Waals surface area contributed by atoms with Crippen LogP contribution in [0.15, 0.2) is 18.3 Å². The lowest BCUT2D eigenvalue weighted by molar-refractivity contribution is -0.137. The number of pyridine rings is 1. The molecule has 0 atom stereocenters. The van der Waals surface area contributed by atoms with E-state index in [2.05, 4.69) is 15.6 Å². The van der Waals surface area contributed by atoms with E-state index in [1.54, 1.807) is 6.92 Å². The number of carbonyl (C=O) groups excluding carboxylic acids is 1. The lowest BCUT2D eigenvalue weighted by Crippen LogP contribution is -2.28. The highest BCUT2D eigenvalue weighted by molar-refractivity contribution is 5.88. The third-order valence-corrected chi connectivity index (χ3v) is 1.67. The number of nitrogens with one attached hydrogen (secondary N) is 2. The molecule has 0 aliphatic rings. The summed E-state index contributed by atoms with van der Waals surface area (Å²) in [7, 11) is 0. The van der Waals surface area contributed by atoms with Crippen LogP contribution in [0.3, 0.4) is 0 Å². The smallest absolute Gasteiger partial charge is 0.338 e. The molecule has 1 aromatic rings. The van der Waals surface area contributed by atoms with Gasteiger partial charge in [-0.1, -0.05) is 0 Å². The van der Waals surface area contributed by atoms with E-state index < -0.39 is 17.8 Å². The highest BCUT2D eigenvalue weighted by Gasteiger charge is 2.30. The summed E-state index contributed by atoms with van der Waals surface area (Å²) in [6.45, 7) is 2.15. The molecule has 0 radical (unpaired) electrons. The van der Waals surface area contributed by atoms with E-state index in [0.29, 0.717) is 12.7 Å². The third kappa shape index (κ3) is 3.41. The molecule has 1 rings (SSSR count). The van der Waals surface area contributed by atoms with Gasteiger partial charge >= 0.3 is 12.2 Å². The zero-order valence-corrected chi connectivity index (χ0v) is 8.43. The first-order valence-corrected chi connectivity index (χ1v) is 4.51. The third-order valence-electron chi connectivity index (χ3n) is 1.67. The van der Waals surface area contributed by atoms with Crippen LogP contribution in [-0.2, 0) is 6.18 Å². The number of halogens is 3. The highest BCUT2D eigenvalue weighted by atomic mass is 19.4. The molecule has 0 aliphatic carbocycles. The molecule has 0 spiro atoms. The second kappa shape index (κ2) is 4.82. The van der Waals surface area contributed by atoms with E-state index in [-0.39, 0.29) is 5.82 Å². The summed E-state index contributed by atoms with van der Waals surface area (Å²) < 4.78 is 36.5. The Bertz CT molecular complexity index is 361. The van der Waals surface area contributed by atoms with Gasteiger partial charge in [-0.2, -0.15) is 13.2 Å². The maximum atomic E-state index is 12.2. The van der Waals surface area contributed by atoms with Crippen molar-refractivity contribution in [3.63, 3.8) is 0 Å². The van der Waals surface area contributed by atoms with E-state index in [9.17, 15) is 18.0 Å². The average molecular weight is 233 g/mol. The molecule has 0 saturated heterocycles. The Morgan fingerprint density at radius 2 is 2.12 bits per heavy atom. The van der Waals surface area contributed by atoms with Gasteiger partial charge in [-0.25, -0.2) is 9.78 Å². The zero-order chi connectivity index (χ0) is 12.2. The number of nitrogens with zero attached hydrogens (tertiary/aromatic N) is 1. The molecule has 0 saturated carbocycles. The molecule has 0 aromatic carbocycles. The molecule has 0 aliphatic heterocycles. The maximum absolute atomic E-state index is 12.2. The van der Waals surface area contributed by atoms with Crippen LogP contribution in [0.4, 0.5) is 23.8 Å². The van der Waals surface area contributed by atoms with Crippen LogP contribution in [0.1, 0.15) is 12.5 Å². The molecule has 0 fully saturated rings. The number of alkyl halides is 3. The molecule has 2 amide bonds. The number of hydrogen-bond acceptors (Lipinski definition) is 2. The second-order valence-corrected chi connectivity index (χ2v) is 2.91. The number of aromatic nitrogens is 1. The minimum absolute atomic E-state index is 0.0685. The van der Waals surface area contributed by atoms with Crippen molar-refractivity contribution in [2.24, 2.45) is 0 Å². The van der Waals surface area contributed by atoms with Gasteiger partial charge in [0.2, 0.25) is 0 Å². The quantitative estimate of drug-likeness (QED) is 0.823. The van der Waals surface area contributed by atoms with Crippen molar-refractivity contribution in [1.82, 2.24) is 10.3 Å². The van der Waals surface area contributed by atoms with Crippen LogP contribution in [0.25, 0.3) is 0 Å². The minimum atomic E-state index is -4.42. The van der Waals surface area contributed by atoms with Gasteiger partial charge in [-0.3, -0.25) is 5.32 Å².